The van der Waals surface area contributed by atoms with Gasteiger partial charge in [0.05, 0.1) is 11.4 Å². The van der Waals surface area contributed by atoms with Crippen molar-refractivity contribution in [3.05, 3.63) is 16.9 Å². The number of halogens is 1. The Bertz CT molecular complexity index is 706. The molecule has 118 valence electrons. The Morgan fingerprint density at radius 2 is 2.00 bits per heavy atom. The standard InChI is InChI=1S/C13H16ClN5O2S/c14-12-9(7-15)8-16-13(18-12)17-10-3-5-19(6-4-10)22(20,21)11-1-2-11/h8,10-11H,1-6H2,(H,16,17,18). The highest BCUT2D eigenvalue weighted by atomic mass is 35.5. The Balaban J connectivity index is 1.58. The quantitative estimate of drug-likeness (QED) is 0.830. The minimum absolute atomic E-state index is 0.106. The SMILES string of the molecule is N#Cc1cnc(NC2CCN(S(=O)(=O)C3CC3)CC2)nc1Cl. The highest BCUT2D eigenvalue weighted by molar-refractivity contribution is 7.90. The molecule has 0 bridgehead atoms. The van der Waals surface area contributed by atoms with Gasteiger partial charge in [-0.25, -0.2) is 17.7 Å². The number of sulfonamides is 1. The van der Waals surface area contributed by atoms with E-state index in [9.17, 15) is 8.42 Å². The third kappa shape index (κ3) is 3.16. The number of nitrogens with one attached hydrogen (secondary N) is 1. The molecule has 2 aliphatic rings. The zero-order chi connectivity index (χ0) is 15.7. The first-order valence-corrected chi connectivity index (χ1v) is 9.07. The molecule has 2 fully saturated rings. The fourth-order valence-corrected chi connectivity index (χ4v) is 4.56. The van der Waals surface area contributed by atoms with Gasteiger partial charge >= 0.3 is 0 Å². The molecule has 2 heterocycles. The lowest BCUT2D eigenvalue weighted by molar-refractivity contribution is 0.328. The van der Waals surface area contributed by atoms with E-state index >= 15 is 0 Å². The zero-order valence-corrected chi connectivity index (χ0v) is 13.4. The first-order chi connectivity index (χ1) is 10.5. The molecule has 0 atom stereocenters. The minimum Gasteiger partial charge on any atom is -0.351 e. The largest absolute Gasteiger partial charge is 0.351 e. The Morgan fingerprint density at radius 1 is 1.32 bits per heavy atom. The van der Waals surface area contributed by atoms with Crippen LogP contribution in [0.25, 0.3) is 0 Å². The van der Waals surface area contributed by atoms with E-state index in [0.29, 0.717) is 31.9 Å². The Morgan fingerprint density at radius 3 is 2.55 bits per heavy atom. The molecule has 1 saturated carbocycles. The summed E-state index contributed by atoms with van der Waals surface area (Å²) in [5, 5.41) is 11.9. The lowest BCUT2D eigenvalue weighted by atomic mass is 10.1. The molecule has 1 aliphatic heterocycles. The van der Waals surface area contributed by atoms with E-state index in [0.717, 1.165) is 12.8 Å². The van der Waals surface area contributed by atoms with Crippen LogP contribution in [0.2, 0.25) is 5.15 Å². The molecule has 0 unspecified atom stereocenters. The molecular weight excluding hydrogens is 326 g/mol. The minimum atomic E-state index is -3.08. The topological polar surface area (TPSA) is 99.0 Å². The third-order valence-corrected chi connectivity index (χ3v) is 6.64. The summed E-state index contributed by atoms with van der Waals surface area (Å²) in [6, 6.07) is 2.01. The molecule has 0 aromatic carbocycles. The van der Waals surface area contributed by atoms with Gasteiger partial charge in [-0.05, 0) is 25.7 Å². The van der Waals surface area contributed by atoms with Gasteiger partial charge in [-0.2, -0.15) is 10.2 Å². The Labute approximate surface area is 134 Å². The predicted molar refractivity (Wildman–Crippen MR) is 81.9 cm³/mol. The van der Waals surface area contributed by atoms with Gasteiger partial charge in [0.2, 0.25) is 16.0 Å². The first-order valence-electron chi connectivity index (χ1n) is 7.19. The number of piperidine rings is 1. The number of nitrogens with zero attached hydrogens (tertiary/aromatic N) is 4. The molecule has 0 radical (unpaired) electrons. The molecule has 22 heavy (non-hydrogen) atoms. The second-order valence-electron chi connectivity index (χ2n) is 5.57. The fraction of sp³-hybridized carbons (Fsp3) is 0.615. The summed E-state index contributed by atoms with van der Waals surface area (Å²) in [6.07, 6.45) is 4.36. The lowest BCUT2D eigenvalue weighted by Crippen LogP contribution is -2.43. The van der Waals surface area contributed by atoms with Crippen molar-refractivity contribution in [3.63, 3.8) is 0 Å². The monoisotopic (exact) mass is 341 g/mol. The van der Waals surface area contributed by atoms with Gasteiger partial charge in [-0.1, -0.05) is 11.6 Å². The summed E-state index contributed by atoms with van der Waals surface area (Å²) in [6.45, 7) is 1.03. The van der Waals surface area contributed by atoms with Crippen LogP contribution < -0.4 is 5.32 Å². The summed E-state index contributed by atoms with van der Waals surface area (Å²) in [5.74, 6) is 0.368. The smallest absolute Gasteiger partial charge is 0.224 e. The number of rotatable bonds is 4. The van der Waals surface area contributed by atoms with E-state index in [1.165, 1.54) is 6.20 Å². The van der Waals surface area contributed by atoms with E-state index in [2.05, 4.69) is 15.3 Å². The molecule has 0 spiro atoms. The van der Waals surface area contributed by atoms with Gasteiger partial charge in [0, 0.05) is 19.1 Å². The van der Waals surface area contributed by atoms with Gasteiger partial charge in [-0.15, -0.1) is 0 Å². The summed E-state index contributed by atoms with van der Waals surface area (Å²) in [7, 11) is -3.08. The number of nitriles is 1. The van der Waals surface area contributed by atoms with Crippen LogP contribution in [-0.4, -0.2) is 47.1 Å². The maximum Gasteiger partial charge on any atom is 0.224 e. The molecule has 9 heteroatoms. The van der Waals surface area contributed by atoms with E-state index in [1.807, 2.05) is 6.07 Å². The third-order valence-electron chi connectivity index (χ3n) is 3.96. The van der Waals surface area contributed by atoms with Crippen LogP contribution in [0.3, 0.4) is 0 Å². The molecule has 0 amide bonds. The number of hydrogen-bond donors (Lipinski definition) is 1. The van der Waals surface area contributed by atoms with Crippen LogP contribution in [0.1, 0.15) is 31.2 Å². The highest BCUT2D eigenvalue weighted by Gasteiger charge is 2.41. The van der Waals surface area contributed by atoms with Crippen molar-refractivity contribution in [3.8, 4) is 6.07 Å². The summed E-state index contributed by atoms with van der Waals surface area (Å²) >= 11 is 5.87. The molecule has 7 nitrogen and oxygen atoms in total. The molecule has 3 rings (SSSR count). The maximum absolute atomic E-state index is 12.2. The van der Waals surface area contributed by atoms with Crippen molar-refractivity contribution >= 4 is 27.6 Å². The van der Waals surface area contributed by atoms with Gasteiger partial charge < -0.3 is 5.32 Å². The van der Waals surface area contributed by atoms with Crippen molar-refractivity contribution in [2.75, 3.05) is 18.4 Å². The van der Waals surface area contributed by atoms with Crippen molar-refractivity contribution in [1.29, 1.82) is 5.26 Å². The lowest BCUT2D eigenvalue weighted by Gasteiger charge is -2.31. The first kappa shape index (κ1) is 15.5. The van der Waals surface area contributed by atoms with Crippen LogP contribution in [-0.2, 0) is 10.0 Å². The van der Waals surface area contributed by atoms with Crippen LogP contribution >= 0.6 is 11.6 Å². The molecular formula is C13H16ClN5O2S. The van der Waals surface area contributed by atoms with Gasteiger partial charge in [0.1, 0.15) is 11.6 Å². The van der Waals surface area contributed by atoms with Crippen LogP contribution in [0, 0.1) is 11.3 Å². The van der Waals surface area contributed by atoms with Crippen LogP contribution in [0.5, 0.6) is 0 Å². The van der Waals surface area contributed by atoms with Crippen LogP contribution in [0.4, 0.5) is 5.95 Å². The molecule has 1 saturated heterocycles. The molecule has 1 N–H and O–H groups in total. The molecule has 1 aliphatic carbocycles. The molecule has 1 aromatic heterocycles. The Kier molecular flexibility index (Phi) is 4.21. The fourth-order valence-electron chi connectivity index (χ4n) is 2.52. The predicted octanol–water partition coefficient (Wildman–Crippen LogP) is 1.37. The van der Waals surface area contributed by atoms with Gasteiger partial charge in [0.15, 0.2) is 5.15 Å². The highest BCUT2D eigenvalue weighted by Crippen LogP contribution is 2.32. The second kappa shape index (κ2) is 5.99. The number of anilines is 1. The van der Waals surface area contributed by atoms with E-state index in [1.54, 1.807) is 4.31 Å². The average molecular weight is 342 g/mol. The summed E-state index contributed by atoms with van der Waals surface area (Å²) in [5.41, 5.74) is 0.234. The van der Waals surface area contributed by atoms with Gasteiger partial charge in [-0.3, -0.25) is 0 Å². The van der Waals surface area contributed by atoms with Crippen molar-refractivity contribution in [2.24, 2.45) is 0 Å². The summed E-state index contributed by atoms with van der Waals surface area (Å²) in [4.78, 5) is 8.08. The van der Waals surface area contributed by atoms with Crippen molar-refractivity contribution in [2.45, 2.75) is 37.0 Å². The van der Waals surface area contributed by atoms with Gasteiger partial charge in [0.25, 0.3) is 0 Å². The maximum atomic E-state index is 12.2. The van der Waals surface area contributed by atoms with E-state index < -0.39 is 10.0 Å². The van der Waals surface area contributed by atoms with Crippen LogP contribution in [0.15, 0.2) is 6.20 Å². The van der Waals surface area contributed by atoms with E-state index in [4.69, 9.17) is 16.9 Å². The second-order valence-corrected chi connectivity index (χ2v) is 8.14. The summed E-state index contributed by atoms with van der Waals surface area (Å²) < 4.78 is 25.9. The number of aromatic nitrogens is 2. The Hall–Kier alpha value is -1.43. The average Bonchev–Trinajstić information content (AvgIpc) is 3.33. The normalized spacial score (nSPS) is 20.5. The number of hydrogen-bond acceptors (Lipinski definition) is 6. The van der Waals surface area contributed by atoms with E-state index in [-0.39, 0.29) is 22.0 Å². The van der Waals surface area contributed by atoms with Crippen molar-refractivity contribution in [1.82, 2.24) is 14.3 Å². The molecule has 1 aromatic rings. The zero-order valence-electron chi connectivity index (χ0n) is 11.9. The van der Waals surface area contributed by atoms with Crippen molar-refractivity contribution < 1.29 is 8.42 Å².